The van der Waals surface area contributed by atoms with E-state index in [0.717, 1.165) is 73.2 Å². The van der Waals surface area contributed by atoms with Crippen molar-refractivity contribution in [3.05, 3.63) is 88.7 Å². The summed E-state index contributed by atoms with van der Waals surface area (Å²) >= 11 is 0. The topological polar surface area (TPSA) is 60.9 Å². The number of methoxy groups -OCH3 is 2. The zero-order valence-corrected chi connectivity index (χ0v) is 20.4. The van der Waals surface area contributed by atoms with Crippen LogP contribution in [0.25, 0.3) is 12.2 Å². The Morgan fingerprint density at radius 2 is 1.63 bits per heavy atom. The highest BCUT2D eigenvalue weighted by Gasteiger charge is 2.11. The van der Waals surface area contributed by atoms with Gasteiger partial charge in [-0.15, -0.1) is 0 Å². The summed E-state index contributed by atoms with van der Waals surface area (Å²) in [7, 11) is 3.28. The number of pyridine rings is 1. The minimum Gasteiger partial charge on any atom is -0.497 e. The molecule has 3 aromatic rings. The number of nitrogens with zero attached hydrogens (tertiary/aromatic N) is 2. The van der Waals surface area contributed by atoms with Gasteiger partial charge in [0.25, 0.3) is 0 Å². The number of Topliss-reactive ketones (excluding diaryl/α,β-unsaturated/α-hetero) is 1. The van der Waals surface area contributed by atoms with Crippen molar-refractivity contribution in [3.63, 3.8) is 0 Å². The van der Waals surface area contributed by atoms with Gasteiger partial charge in [0, 0.05) is 56.0 Å². The van der Waals surface area contributed by atoms with Crippen LogP contribution in [0.4, 0.5) is 0 Å². The molecule has 6 nitrogen and oxygen atoms in total. The minimum absolute atomic E-state index is 0.0731. The average Bonchev–Trinajstić information content (AvgIpc) is 2.92. The van der Waals surface area contributed by atoms with E-state index >= 15 is 0 Å². The van der Waals surface area contributed by atoms with Crippen molar-refractivity contribution in [2.24, 2.45) is 0 Å². The quantitative estimate of drug-likeness (QED) is 0.318. The van der Waals surface area contributed by atoms with Crippen LogP contribution in [0, 0.1) is 0 Å². The van der Waals surface area contributed by atoms with Gasteiger partial charge in [-0.25, -0.2) is 0 Å². The number of carbonyl (C=O) groups excluding carboxylic acids is 1. The molecule has 182 valence electrons. The molecule has 1 aromatic heterocycles. The lowest BCUT2D eigenvalue weighted by Crippen LogP contribution is -2.37. The lowest BCUT2D eigenvalue weighted by Gasteiger charge is -2.26. The Kier molecular flexibility index (Phi) is 8.65. The number of benzene rings is 2. The van der Waals surface area contributed by atoms with Gasteiger partial charge in [-0.2, -0.15) is 0 Å². The number of ether oxygens (including phenoxy) is 3. The molecular formula is C29H32N2O4. The largest absolute Gasteiger partial charge is 0.497 e. The van der Waals surface area contributed by atoms with Crippen LogP contribution in [0.15, 0.2) is 60.8 Å². The third-order valence-corrected chi connectivity index (χ3v) is 6.12. The molecule has 0 saturated carbocycles. The van der Waals surface area contributed by atoms with E-state index < -0.39 is 0 Å². The molecule has 0 spiro atoms. The van der Waals surface area contributed by atoms with Crippen LogP contribution in [-0.2, 0) is 17.6 Å². The standard InChI is InChI=1S/C29H32N2O4/c1-33-27-17-24(18-28(20-27)34-2)8-5-22-3-6-23(7-4-22)19-29(32)25-9-10-26(30-21-25)11-12-31-13-15-35-16-14-31/h3-10,17-18,20-21H,11-16,19H2,1-2H3/b8-5+. The fourth-order valence-electron chi connectivity index (χ4n) is 3.99. The molecule has 35 heavy (non-hydrogen) atoms. The highest BCUT2D eigenvalue weighted by molar-refractivity contribution is 5.97. The van der Waals surface area contributed by atoms with Crippen molar-refractivity contribution in [2.75, 3.05) is 47.1 Å². The summed E-state index contributed by atoms with van der Waals surface area (Å²) in [6, 6.07) is 17.6. The van der Waals surface area contributed by atoms with Crippen molar-refractivity contribution in [3.8, 4) is 11.5 Å². The zero-order valence-electron chi connectivity index (χ0n) is 20.4. The molecule has 0 radical (unpaired) electrons. The third-order valence-electron chi connectivity index (χ3n) is 6.12. The van der Waals surface area contributed by atoms with Crippen LogP contribution in [0.2, 0.25) is 0 Å². The monoisotopic (exact) mass is 472 g/mol. The van der Waals surface area contributed by atoms with Crippen LogP contribution in [0.1, 0.15) is 32.7 Å². The van der Waals surface area contributed by atoms with Crippen LogP contribution in [-0.4, -0.2) is 62.7 Å². The number of rotatable bonds is 10. The second-order valence-corrected chi connectivity index (χ2v) is 8.56. The molecule has 0 aliphatic carbocycles. The van der Waals surface area contributed by atoms with E-state index in [1.165, 1.54) is 0 Å². The van der Waals surface area contributed by atoms with Gasteiger partial charge >= 0.3 is 0 Å². The van der Waals surface area contributed by atoms with Crippen LogP contribution in [0.5, 0.6) is 11.5 Å². The van der Waals surface area contributed by atoms with E-state index in [9.17, 15) is 4.79 Å². The second kappa shape index (κ2) is 12.3. The Morgan fingerprint density at radius 1 is 0.943 bits per heavy atom. The predicted molar refractivity (Wildman–Crippen MR) is 138 cm³/mol. The first-order valence-corrected chi connectivity index (χ1v) is 11.9. The first-order valence-electron chi connectivity index (χ1n) is 11.9. The van der Waals surface area contributed by atoms with Crippen molar-refractivity contribution < 1.29 is 19.0 Å². The molecule has 6 heteroatoms. The van der Waals surface area contributed by atoms with Crippen molar-refractivity contribution in [2.45, 2.75) is 12.8 Å². The molecule has 1 aliphatic rings. The fourth-order valence-corrected chi connectivity index (χ4v) is 3.99. The number of hydrogen-bond donors (Lipinski definition) is 0. The predicted octanol–water partition coefficient (Wildman–Crippen LogP) is 4.57. The number of hydrogen-bond acceptors (Lipinski definition) is 6. The van der Waals surface area contributed by atoms with Gasteiger partial charge in [0.05, 0.1) is 27.4 Å². The summed E-state index contributed by atoms with van der Waals surface area (Å²) < 4.78 is 16.0. The highest BCUT2D eigenvalue weighted by Crippen LogP contribution is 2.24. The van der Waals surface area contributed by atoms with Gasteiger partial charge in [0.15, 0.2) is 5.78 Å². The minimum atomic E-state index is 0.0731. The van der Waals surface area contributed by atoms with Crippen LogP contribution < -0.4 is 9.47 Å². The Morgan fingerprint density at radius 3 is 2.26 bits per heavy atom. The lowest BCUT2D eigenvalue weighted by molar-refractivity contribution is 0.0383. The van der Waals surface area contributed by atoms with Gasteiger partial charge in [-0.05, 0) is 41.0 Å². The van der Waals surface area contributed by atoms with Gasteiger partial charge in [-0.1, -0.05) is 36.4 Å². The van der Waals surface area contributed by atoms with E-state index in [-0.39, 0.29) is 5.78 Å². The van der Waals surface area contributed by atoms with E-state index in [2.05, 4.69) is 9.88 Å². The van der Waals surface area contributed by atoms with Gasteiger partial charge in [0.1, 0.15) is 11.5 Å². The van der Waals surface area contributed by atoms with Gasteiger partial charge in [0.2, 0.25) is 0 Å². The summed E-state index contributed by atoms with van der Waals surface area (Å²) in [4.78, 5) is 19.6. The summed E-state index contributed by atoms with van der Waals surface area (Å²) in [5, 5.41) is 0. The van der Waals surface area contributed by atoms with Crippen molar-refractivity contribution in [1.82, 2.24) is 9.88 Å². The summed E-state index contributed by atoms with van der Waals surface area (Å²) in [5.41, 5.74) is 4.68. The normalized spacial score (nSPS) is 14.2. The number of carbonyl (C=O) groups is 1. The molecule has 1 fully saturated rings. The molecule has 0 bridgehead atoms. The Bertz CT molecular complexity index is 1110. The number of morpholine rings is 1. The Balaban J connectivity index is 1.31. The van der Waals surface area contributed by atoms with Gasteiger partial charge in [-0.3, -0.25) is 14.7 Å². The first-order chi connectivity index (χ1) is 17.1. The molecule has 0 atom stereocenters. The lowest BCUT2D eigenvalue weighted by atomic mass is 10.0. The summed E-state index contributed by atoms with van der Waals surface area (Å²) in [6.45, 7) is 4.52. The Labute approximate surface area is 207 Å². The van der Waals surface area contributed by atoms with E-state index in [4.69, 9.17) is 14.2 Å². The molecule has 2 aromatic carbocycles. The maximum atomic E-state index is 12.7. The number of aromatic nitrogens is 1. The average molecular weight is 473 g/mol. The summed E-state index contributed by atoms with van der Waals surface area (Å²) in [6.07, 6.45) is 6.98. The smallest absolute Gasteiger partial charge is 0.168 e. The molecule has 0 amide bonds. The van der Waals surface area contributed by atoms with E-state index in [1.807, 2.05) is 66.7 Å². The molecule has 1 saturated heterocycles. The van der Waals surface area contributed by atoms with Crippen LogP contribution >= 0.6 is 0 Å². The molecular weight excluding hydrogens is 440 g/mol. The fraction of sp³-hybridized carbons (Fsp3) is 0.310. The third kappa shape index (κ3) is 7.25. The van der Waals surface area contributed by atoms with E-state index in [0.29, 0.717) is 12.0 Å². The SMILES string of the molecule is COc1cc(/C=C/c2ccc(CC(=O)c3ccc(CCN4CCOCC4)nc3)cc2)cc(OC)c1. The molecule has 2 heterocycles. The Hall–Kier alpha value is -3.48. The molecule has 0 N–H and O–H groups in total. The van der Waals surface area contributed by atoms with E-state index in [1.54, 1.807) is 20.4 Å². The summed E-state index contributed by atoms with van der Waals surface area (Å²) in [5.74, 6) is 1.57. The number of ketones is 1. The molecule has 1 aliphatic heterocycles. The highest BCUT2D eigenvalue weighted by atomic mass is 16.5. The van der Waals surface area contributed by atoms with Gasteiger partial charge < -0.3 is 14.2 Å². The zero-order chi connectivity index (χ0) is 24.5. The van der Waals surface area contributed by atoms with Crippen LogP contribution in [0.3, 0.4) is 0 Å². The maximum absolute atomic E-state index is 12.7. The second-order valence-electron chi connectivity index (χ2n) is 8.56. The van der Waals surface area contributed by atoms with Crippen molar-refractivity contribution >= 4 is 17.9 Å². The molecule has 0 unspecified atom stereocenters. The maximum Gasteiger partial charge on any atom is 0.168 e. The van der Waals surface area contributed by atoms with Crippen molar-refractivity contribution in [1.29, 1.82) is 0 Å². The first kappa shape index (κ1) is 24.6. The molecule has 4 rings (SSSR count).